The zero-order valence-electron chi connectivity index (χ0n) is 31.9. The van der Waals surface area contributed by atoms with Crippen LogP contribution in [0.1, 0.15) is 0 Å². The molecule has 290 valence electrons. The molecule has 3 aromatic heterocycles. The molecule has 57 heavy (non-hydrogen) atoms. The van der Waals surface area contributed by atoms with Gasteiger partial charge in [0.25, 0.3) is 0 Å². The van der Waals surface area contributed by atoms with E-state index in [9.17, 15) is 0 Å². The molecule has 0 N–H and O–H groups in total. The average molecular weight is 763 g/mol. The van der Waals surface area contributed by atoms with Gasteiger partial charge in [-0.3, -0.25) is 4.98 Å². The van der Waals surface area contributed by atoms with E-state index in [1.54, 1.807) is 0 Å². The second-order valence-corrected chi connectivity index (χ2v) is 13.5. The van der Waals surface area contributed by atoms with E-state index in [2.05, 4.69) is 58.4 Å². The monoisotopic (exact) mass is 762 g/mol. The number of anilines is 1. The number of nitrogens with zero attached hydrogens (tertiary/aromatic N) is 4. The minimum Gasteiger partial charge on any atom is -0.491 e. The van der Waals surface area contributed by atoms with Crippen LogP contribution < -0.4 is 14.4 Å². The molecule has 10 rings (SSSR count). The zero-order valence-corrected chi connectivity index (χ0v) is 31.9. The largest absolute Gasteiger partial charge is 0.491 e. The van der Waals surface area contributed by atoms with Crippen LogP contribution in [0.2, 0.25) is 0 Å². The molecule has 4 aromatic carbocycles. The van der Waals surface area contributed by atoms with Gasteiger partial charge in [-0.1, -0.05) is 42.5 Å². The molecule has 0 spiro atoms. The number of hydrogen-bond acceptors (Lipinski definition) is 10. The maximum atomic E-state index is 5.99. The van der Waals surface area contributed by atoms with Crippen LogP contribution in [-0.4, -0.2) is 94.1 Å². The van der Waals surface area contributed by atoms with Crippen molar-refractivity contribution in [3.8, 4) is 45.3 Å². The molecule has 6 heterocycles. The van der Waals surface area contributed by atoms with E-state index < -0.39 is 0 Å². The molecule has 0 unspecified atom stereocenters. The van der Waals surface area contributed by atoms with Gasteiger partial charge in [0.1, 0.15) is 24.7 Å². The third-order valence-electron chi connectivity index (χ3n) is 9.74. The van der Waals surface area contributed by atoms with E-state index in [0.717, 1.165) is 72.8 Å². The molecule has 0 saturated heterocycles. The van der Waals surface area contributed by atoms with Crippen molar-refractivity contribution in [1.29, 1.82) is 0 Å². The SMILES string of the molecule is c1ccc(-c2cccc(N3CCOCCOCCOc4ccc(cc4)-c4ccc5ccc6ccc(nc6c5n4)-c4ccc(cc4)OCCOCCOCC3)c2)nc1. The van der Waals surface area contributed by atoms with Crippen molar-refractivity contribution in [3.05, 3.63) is 134 Å². The van der Waals surface area contributed by atoms with Crippen molar-refractivity contribution in [2.24, 2.45) is 0 Å². The number of hydrogen-bond donors (Lipinski definition) is 0. The molecule has 7 aromatic rings. The minimum atomic E-state index is 0.439. The molecule has 10 heteroatoms. The van der Waals surface area contributed by atoms with E-state index in [-0.39, 0.29) is 0 Å². The summed E-state index contributed by atoms with van der Waals surface area (Å²) in [6.45, 7) is 6.24. The summed E-state index contributed by atoms with van der Waals surface area (Å²) in [7, 11) is 0. The van der Waals surface area contributed by atoms with Gasteiger partial charge in [0.15, 0.2) is 0 Å². The standard InChI is InChI=1S/C47H46N4O6/c1-2-21-48-43(6-1)39-4-3-5-40(34-39)51-22-24-52-26-28-54-30-32-56-41-15-9-35(10-16-41)44-19-13-37-7-8-38-14-20-45(50-47(38)46(37)49-44)36-11-17-42(18-12-36)57-33-31-55-29-27-53-25-23-51/h1-21,34H,22-33H2. The lowest BCUT2D eigenvalue weighted by Gasteiger charge is -2.25. The maximum absolute atomic E-state index is 5.99. The predicted molar refractivity (Wildman–Crippen MR) is 224 cm³/mol. The summed E-state index contributed by atoms with van der Waals surface area (Å²) >= 11 is 0. The highest BCUT2D eigenvalue weighted by molar-refractivity contribution is 6.04. The number of aromatic nitrogens is 3. The summed E-state index contributed by atoms with van der Waals surface area (Å²) in [5, 5.41) is 2.08. The van der Waals surface area contributed by atoms with Crippen molar-refractivity contribution < 1.29 is 28.4 Å². The van der Waals surface area contributed by atoms with E-state index in [1.165, 1.54) is 0 Å². The summed E-state index contributed by atoms with van der Waals surface area (Å²) in [5.41, 5.74) is 8.56. The molecule has 0 saturated carbocycles. The van der Waals surface area contributed by atoms with Crippen LogP contribution in [0.25, 0.3) is 55.6 Å². The van der Waals surface area contributed by atoms with Crippen LogP contribution in [0, 0.1) is 0 Å². The molecule has 0 aliphatic carbocycles. The van der Waals surface area contributed by atoms with Gasteiger partial charge in [-0.2, -0.15) is 0 Å². The summed E-state index contributed by atoms with van der Waals surface area (Å²) in [6.07, 6.45) is 1.81. The highest BCUT2D eigenvalue weighted by Gasteiger charge is 2.12. The molecule has 0 atom stereocenters. The van der Waals surface area contributed by atoms with Crippen molar-refractivity contribution in [2.45, 2.75) is 0 Å². The second kappa shape index (κ2) is 19.3. The summed E-state index contributed by atoms with van der Waals surface area (Å²) in [5.74, 6) is 1.55. The van der Waals surface area contributed by atoms with Crippen LogP contribution in [0.3, 0.4) is 0 Å². The first kappa shape index (κ1) is 38.0. The Balaban J connectivity index is 0.936. The van der Waals surface area contributed by atoms with Crippen LogP contribution in [0.15, 0.2) is 134 Å². The number of ether oxygens (including phenoxy) is 6. The van der Waals surface area contributed by atoms with E-state index in [1.807, 2.05) is 85.1 Å². The molecule has 3 aliphatic heterocycles. The van der Waals surface area contributed by atoms with Crippen molar-refractivity contribution in [3.63, 3.8) is 0 Å². The summed E-state index contributed by atoms with van der Waals surface area (Å²) in [4.78, 5) is 17.0. The molecular weight excluding hydrogens is 717 g/mol. The fraction of sp³-hybridized carbons (Fsp3) is 0.255. The fourth-order valence-corrected chi connectivity index (χ4v) is 6.73. The molecule has 10 nitrogen and oxygen atoms in total. The molecule has 0 fully saturated rings. The fourth-order valence-electron chi connectivity index (χ4n) is 6.73. The Morgan fingerprint density at radius 3 is 1.44 bits per heavy atom. The van der Waals surface area contributed by atoms with Gasteiger partial charge in [-0.05, 0) is 84.9 Å². The number of rotatable bonds is 2. The highest BCUT2D eigenvalue weighted by Crippen LogP contribution is 2.30. The maximum Gasteiger partial charge on any atom is 0.119 e. The minimum absolute atomic E-state index is 0.439. The van der Waals surface area contributed by atoms with Gasteiger partial charge < -0.3 is 33.3 Å². The van der Waals surface area contributed by atoms with Gasteiger partial charge in [0, 0.05) is 52.4 Å². The first-order chi connectivity index (χ1) is 28.3. The van der Waals surface area contributed by atoms with Crippen molar-refractivity contribution in [1.82, 2.24) is 15.0 Å². The normalized spacial score (nSPS) is 15.5. The first-order valence-corrected chi connectivity index (χ1v) is 19.5. The number of pyridine rings is 3. The molecule has 8 bridgehead atoms. The zero-order chi connectivity index (χ0) is 38.5. The summed E-state index contributed by atoms with van der Waals surface area (Å²) < 4.78 is 35.5. The number of fused-ring (bicyclic) bond motifs is 2. The Bertz CT molecular complexity index is 2220. The van der Waals surface area contributed by atoms with Gasteiger partial charge in [-0.15, -0.1) is 0 Å². The average Bonchev–Trinajstić information content (AvgIpc) is 3.27. The smallest absolute Gasteiger partial charge is 0.119 e. The van der Waals surface area contributed by atoms with E-state index in [0.29, 0.717) is 79.2 Å². The predicted octanol–water partition coefficient (Wildman–Crippen LogP) is 8.52. The lowest BCUT2D eigenvalue weighted by Crippen LogP contribution is -2.31. The Kier molecular flexibility index (Phi) is 12.9. The Labute approximate surface area is 332 Å². The quantitative estimate of drug-likeness (QED) is 0.160. The third-order valence-corrected chi connectivity index (χ3v) is 9.74. The van der Waals surface area contributed by atoms with Gasteiger partial charge >= 0.3 is 0 Å². The lowest BCUT2D eigenvalue weighted by molar-refractivity contribution is 0.0347. The van der Waals surface area contributed by atoms with Crippen LogP contribution >= 0.6 is 0 Å². The Morgan fingerprint density at radius 2 is 0.912 bits per heavy atom. The van der Waals surface area contributed by atoms with Crippen molar-refractivity contribution in [2.75, 3.05) is 84.1 Å². The molecule has 3 aliphatic rings. The molecular formula is C47H46N4O6. The Hall–Kier alpha value is -5.91. The van der Waals surface area contributed by atoms with Gasteiger partial charge in [-0.25, -0.2) is 9.97 Å². The Morgan fingerprint density at radius 1 is 0.404 bits per heavy atom. The topological polar surface area (TPSA) is 97.3 Å². The third kappa shape index (κ3) is 10.1. The van der Waals surface area contributed by atoms with Crippen LogP contribution in [0.4, 0.5) is 5.69 Å². The van der Waals surface area contributed by atoms with E-state index in [4.69, 9.17) is 38.4 Å². The van der Waals surface area contributed by atoms with Crippen LogP contribution in [-0.2, 0) is 18.9 Å². The number of benzene rings is 4. The lowest BCUT2D eigenvalue weighted by atomic mass is 10.1. The van der Waals surface area contributed by atoms with Gasteiger partial charge in [0.05, 0.1) is 81.0 Å². The molecule has 0 amide bonds. The molecule has 0 radical (unpaired) electrons. The highest BCUT2D eigenvalue weighted by atomic mass is 16.5. The summed E-state index contributed by atoms with van der Waals surface area (Å²) in [6, 6.07) is 42.9. The van der Waals surface area contributed by atoms with Gasteiger partial charge in [0.2, 0.25) is 0 Å². The van der Waals surface area contributed by atoms with Crippen molar-refractivity contribution >= 4 is 27.5 Å². The van der Waals surface area contributed by atoms with Crippen LogP contribution in [0.5, 0.6) is 11.5 Å². The first-order valence-electron chi connectivity index (χ1n) is 19.5. The second-order valence-electron chi connectivity index (χ2n) is 13.5. The van der Waals surface area contributed by atoms with E-state index >= 15 is 0 Å².